The summed E-state index contributed by atoms with van der Waals surface area (Å²) in [4.78, 5) is 21.2. The van der Waals surface area contributed by atoms with Crippen molar-refractivity contribution in [3.63, 3.8) is 0 Å². The first kappa shape index (κ1) is 20.4. The highest BCUT2D eigenvalue weighted by atomic mass is 32.2. The van der Waals surface area contributed by atoms with Crippen molar-refractivity contribution in [1.82, 2.24) is 9.88 Å². The Bertz CT molecular complexity index is 1110. The Balaban J connectivity index is 2.01. The molecule has 0 fully saturated rings. The molecule has 9 heteroatoms. The maximum atomic E-state index is 13.2. The van der Waals surface area contributed by atoms with E-state index in [1.54, 1.807) is 12.1 Å². The van der Waals surface area contributed by atoms with Gasteiger partial charge < -0.3 is 4.90 Å². The molecule has 6 nitrogen and oxygen atoms in total. The Morgan fingerprint density at radius 1 is 1.11 bits per heavy atom. The van der Waals surface area contributed by atoms with Crippen LogP contribution in [0.4, 0.5) is 9.52 Å². The van der Waals surface area contributed by atoms with E-state index >= 15 is 0 Å². The van der Waals surface area contributed by atoms with E-state index in [1.165, 1.54) is 46.6 Å². The molecule has 28 heavy (non-hydrogen) atoms. The minimum atomic E-state index is -3.33. The van der Waals surface area contributed by atoms with Crippen LogP contribution in [0, 0.1) is 5.82 Å². The molecule has 3 aromatic rings. The summed E-state index contributed by atoms with van der Waals surface area (Å²) in [5, 5.41) is 0.469. The number of aromatic nitrogens is 1. The third-order valence-electron chi connectivity index (χ3n) is 4.11. The molecule has 2 aromatic carbocycles. The predicted octanol–water partition coefficient (Wildman–Crippen LogP) is 3.05. The van der Waals surface area contributed by atoms with Crippen LogP contribution in [0.3, 0.4) is 0 Å². The highest BCUT2D eigenvalue weighted by Crippen LogP contribution is 2.31. The number of anilines is 1. The van der Waals surface area contributed by atoms with Crippen LogP contribution in [-0.2, 0) is 9.84 Å². The van der Waals surface area contributed by atoms with Crippen molar-refractivity contribution < 1.29 is 17.6 Å². The third-order valence-corrected chi connectivity index (χ3v) is 6.27. The summed E-state index contributed by atoms with van der Waals surface area (Å²) >= 11 is 1.25. The third kappa shape index (κ3) is 4.54. The number of nitrogens with zero attached hydrogens (tertiary/aromatic N) is 3. The summed E-state index contributed by atoms with van der Waals surface area (Å²) in [7, 11) is 0.466. The van der Waals surface area contributed by atoms with Crippen LogP contribution in [0.25, 0.3) is 10.2 Å². The van der Waals surface area contributed by atoms with Gasteiger partial charge in [0.1, 0.15) is 5.82 Å². The van der Waals surface area contributed by atoms with E-state index in [-0.39, 0.29) is 10.8 Å². The molecule has 0 atom stereocenters. The number of amides is 1. The van der Waals surface area contributed by atoms with Crippen LogP contribution < -0.4 is 4.90 Å². The zero-order valence-corrected chi connectivity index (χ0v) is 17.3. The van der Waals surface area contributed by atoms with Gasteiger partial charge >= 0.3 is 0 Å². The van der Waals surface area contributed by atoms with E-state index < -0.39 is 15.7 Å². The number of fused-ring (bicyclic) bond motifs is 1. The number of sulfone groups is 1. The van der Waals surface area contributed by atoms with E-state index in [4.69, 9.17) is 0 Å². The SMILES string of the molecule is CN(C)CCN(C(=O)c1ccc(F)cc1)c1nc2ccc(S(C)(=O)=O)cc2s1. The van der Waals surface area contributed by atoms with Crippen molar-refractivity contribution in [2.75, 3.05) is 38.3 Å². The Morgan fingerprint density at radius 3 is 2.39 bits per heavy atom. The second kappa shape index (κ2) is 7.94. The van der Waals surface area contributed by atoms with Crippen LogP contribution in [0.5, 0.6) is 0 Å². The number of thiazole rings is 1. The number of carbonyl (C=O) groups is 1. The van der Waals surface area contributed by atoms with Gasteiger partial charge in [0, 0.05) is 24.9 Å². The topological polar surface area (TPSA) is 70.6 Å². The molecule has 0 saturated heterocycles. The molecule has 0 N–H and O–H groups in total. The molecule has 0 aliphatic rings. The van der Waals surface area contributed by atoms with Crippen molar-refractivity contribution in [2.24, 2.45) is 0 Å². The predicted molar refractivity (Wildman–Crippen MR) is 109 cm³/mol. The van der Waals surface area contributed by atoms with Crippen LogP contribution in [0.2, 0.25) is 0 Å². The summed E-state index contributed by atoms with van der Waals surface area (Å²) in [6.45, 7) is 0.999. The Morgan fingerprint density at radius 2 is 1.79 bits per heavy atom. The van der Waals surface area contributed by atoms with Gasteiger partial charge in [-0.05, 0) is 56.6 Å². The van der Waals surface area contributed by atoms with Crippen molar-refractivity contribution in [3.05, 3.63) is 53.8 Å². The smallest absolute Gasteiger partial charge is 0.260 e. The van der Waals surface area contributed by atoms with E-state index in [0.29, 0.717) is 34.0 Å². The van der Waals surface area contributed by atoms with Gasteiger partial charge in [0.15, 0.2) is 15.0 Å². The average Bonchev–Trinajstić information content (AvgIpc) is 3.04. The number of carbonyl (C=O) groups excluding carboxylic acids is 1. The standard InChI is InChI=1S/C19H20FN3O3S2/c1-22(2)10-11-23(18(24)13-4-6-14(20)7-5-13)19-21-16-9-8-15(28(3,25)26)12-17(16)27-19/h4-9,12H,10-11H2,1-3H3. The number of halogens is 1. The molecule has 1 aromatic heterocycles. The summed E-state index contributed by atoms with van der Waals surface area (Å²) in [5.41, 5.74) is 0.977. The first-order valence-corrected chi connectivity index (χ1v) is 11.2. The van der Waals surface area contributed by atoms with Crippen LogP contribution in [0.1, 0.15) is 10.4 Å². The fourth-order valence-electron chi connectivity index (χ4n) is 2.57. The molecule has 0 aliphatic carbocycles. The molecule has 1 amide bonds. The van der Waals surface area contributed by atoms with Gasteiger partial charge in [-0.3, -0.25) is 9.69 Å². The van der Waals surface area contributed by atoms with Gasteiger partial charge in [-0.25, -0.2) is 17.8 Å². The summed E-state index contributed by atoms with van der Waals surface area (Å²) in [6, 6.07) is 10.1. The molecular formula is C19H20FN3O3S2. The van der Waals surface area contributed by atoms with Crippen molar-refractivity contribution in [1.29, 1.82) is 0 Å². The van der Waals surface area contributed by atoms with Crippen LogP contribution in [0.15, 0.2) is 47.4 Å². The first-order chi connectivity index (χ1) is 13.1. The number of rotatable bonds is 6. The van der Waals surface area contributed by atoms with E-state index in [1.807, 2.05) is 19.0 Å². The Labute approximate surface area is 167 Å². The lowest BCUT2D eigenvalue weighted by molar-refractivity contribution is 0.0985. The highest BCUT2D eigenvalue weighted by Gasteiger charge is 2.22. The summed E-state index contributed by atoms with van der Waals surface area (Å²) in [5.74, 6) is -0.700. The van der Waals surface area contributed by atoms with Crippen molar-refractivity contribution in [2.45, 2.75) is 4.90 Å². The minimum Gasteiger partial charge on any atom is -0.308 e. The molecule has 0 aliphatic heterocycles. The average molecular weight is 422 g/mol. The largest absolute Gasteiger partial charge is 0.308 e. The normalized spacial score (nSPS) is 11.9. The van der Waals surface area contributed by atoms with E-state index in [0.717, 1.165) is 6.26 Å². The first-order valence-electron chi connectivity index (χ1n) is 8.48. The van der Waals surface area contributed by atoms with Gasteiger partial charge in [0.05, 0.1) is 15.1 Å². The summed E-state index contributed by atoms with van der Waals surface area (Å²) in [6.07, 6.45) is 1.15. The van der Waals surface area contributed by atoms with E-state index in [2.05, 4.69) is 4.98 Å². The van der Waals surface area contributed by atoms with Gasteiger partial charge in [-0.15, -0.1) is 0 Å². The molecule has 1 heterocycles. The minimum absolute atomic E-state index is 0.208. The maximum absolute atomic E-state index is 13.2. The van der Waals surface area contributed by atoms with Gasteiger partial charge in [0.2, 0.25) is 0 Å². The molecule has 0 saturated carbocycles. The second-order valence-corrected chi connectivity index (χ2v) is 9.69. The Hall–Kier alpha value is -2.36. The molecule has 0 radical (unpaired) electrons. The van der Waals surface area contributed by atoms with E-state index in [9.17, 15) is 17.6 Å². The second-order valence-electron chi connectivity index (χ2n) is 6.67. The lowest BCUT2D eigenvalue weighted by Gasteiger charge is -2.22. The number of likely N-dealkylation sites (N-methyl/N-ethyl adjacent to an activating group) is 1. The van der Waals surface area contributed by atoms with Gasteiger partial charge in [-0.2, -0.15) is 0 Å². The fourth-order valence-corrected chi connectivity index (χ4v) is 4.32. The zero-order chi connectivity index (χ0) is 20.5. The maximum Gasteiger partial charge on any atom is 0.260 e. The summed E-state index contributed by atoms with van der Waals surface area (Å²) < 4.78 is 37.5. The Kier molecular flexibility index (Phi) is 5.78. The van der Waals surface area contributed by atoms with Crippen LogP contribution in [-0.4, -0.2) is 57.6 Å². The van der Waals surface area contributed by atoms with Crippen molar-refractivity contribution in [3.8, 4) is 0 Å². The van der Waals surface area contributed by atoms with Gasteiger partial charge in [-0.1, -0.05) is 11.3 Å². The van der Waals surface area contributed by atoms with Crippen molar-refractivity contribution >= 4 is 42.4 Å². The molecule has 3 rings (SSSR count). The molecule has 0 spiro atoms. The molecule has 148 valence electrons. The monoisotopic (exact) mass is 421 g/mol. The molecule has 0 unspecified atom stereocenters. The lowest BCUT2D eigenvalue weighted by Crippen LogP contribution is -2.36. The quantitative estimate of drug-likeness (QED) is 0.612. The molecule has 0 bridgehead atoms. The number of hydrogen-bond donors (Lipinski definition) is 0. The lowest BCUT2D eigenvalue weighted by atomic mass is 10.2. The zero-order valence-electron chi connectivity index (χ0n) is 15.7. The number of benzene rings is 2. The fraction of sp³-hybridized carbons (Fsp3) is 0.263. The van der Waals surface area contributed by atoms with Crippen LogP contribution >= 0.6 is 11.3 Å². The highest BCUT2D eigenvalue weighted by molar-refractivity contribution is 7.90. The van der Waals surface area contributed by atoms with Gasteiger partial charge in [0.25, 0.3) is 5.91 Å². The number of hydrogen-bond acceptors (Lipinski definition) is 6. The molecular weight excluding hydrogens is 401 g/mol.